The van der Waals surface area contributed by atoms with E-state index in [4.69, 9.17) is 15.2 Å². The minimum atomic E-state index is -0.289. The summed E-state index contributed by atoms with van der Waals surface area (Å²) in [7, 11) is 0. The molecular weight excluding hydrogens is 260 g/mol. The van der Waals surface area contributed by atoms with Gasteiger partial charge in [0.2, 0.25) is 12.7 Å². The van der Waals surface area contributed by atoms with Crippen LogP contribution in [0.3, 0.4) is 0 Å². The molecule has 6 heteroatoms. The zero-order valence-corrected chi connectivity index (χ0v) is 11.0. The van der Waals surface area contributed by atoms with Gasteiger partial charge in [-0.25, -0.2) is 0 Å². The Balaban J connectivity index is 1.64. The summed E-state index contributed by atoms with van der Waals surface area (Å²) in [5.74, 6) is 0.847. The van der Waals surface area contributed by atoms with E-state index >= 15 is 0 Å². The summed E-state index contributed by atoms with van der Waals surface area (Å²) in [6.07, 6.45) is 0.726. The van der Waals surface area contributed by atoms with Gasteiger partial charge in [0.15, 0.2) is 17.3 Å². The summed E-state index contributed by atoms with van der Waals surface area (Å²) in [6.45, 7) is 1.78. The zero-order valence-electron chi connectivity index (χ0n) is 11.0. The highest BCUT2D eigenvalue weighted by Crippen LogP contribution is 2.32. The molecule has 1 atom stereocenters. The number of Topliss-reactive ketones (excluding diaryl/α,β-unsaturated/α-hetero) is 1. The average Bonchev–Trinajstić information content (AvgIpc) is 3.05. The third-order valence-corrected chi connectivity index (χ3v) is 3.74. The number of carbonyl (C=O) groups is 2. The SMILES string of the molecule is NC(=O)C1CCN(CC(=O)c2ccc3c(c2)OCO3)C1. The Kier molecular flexibility index (Phi) is 3.31. The summed E-state index contributed by atoms with van der Waals surface area (Å²) < 4.78 is 10.5. The van der Waals surface area contributed by atoms with E-state index in [0.29, 0.717) is 30.2 Å². The van der Waals surface area contributed by atoms with Gasteiger partial charge in [-0.1, -0.05) is 0 Å². The Bertz CT molecular complexity index is 558. The number of ketones is 1. The number of primary amides is 1. The lowest BCUT2D eigenvalue weighted by Crippen LogP contribution is -2.31. The first-order valence-corrected chi connectivity index (χ1v) is 6.58. The molecule has 3 rings (SSSR count). The van der Waals surface area contributed by atoms with Crippen molar-refractivity contribution in [3.8, 4) is 11.5 Å². The molecule has 1 unspecified atom stereocenters. The molecule has 1 aromatic rings. The molecule has 2 N–H and O–H groups in total. The van der Waals surface area contributed by atoms with E-state index in [1.165, 1.54) is 0 Å². The maximum absolute atomic E-state index is 12.2. The first-order valence-electron chi connectivity index (χ1n) is 6.58. The first-order chi connectivity index (χ1) is 9.63. The van der Waals surface area contributed by atoms with Gasteiger partial charge in [-0.2, -0.15) is 0 Å². The standard InChI is InChI=1S/C14H16N2O4/c15-14(18)10-3-4-16(6-10)7-11(17)9-1-2-12-13(5-9)20-8-19-12/h1-2,5,10H,3-4,6-8H2,(H2,15,18). The topological polar surface area (TPSA) is 81.9 Å². The highest BCUT2D eigenvalue weighted by Gasteiger charge is 2.28. The molecule has 1 saturated heterocycles. The van der Waals surface area contributed by atoms with Crippen LogP contribution in [0.5, 0.6) is 11.5 Å². The second kappa shape index (κ2) is 5.13. The summed E-state index contributed by atoms with van der Waals surface area (Å²) in [5, 5.41) is 0. The van der Waals surface area contributed by atoms with Gasteiger partial charge in [0.25, 0.3) is 0 Å². The molecule has 0 spiro atoms. The van der Waals surface area contributed by atoms with Crippen LogP contribution in [0, 0.1) is 5.92 Å². The number of hydrogen-bond acceptors (Lipinski definition) is 5. The van der Waals surface area contributed by atoms with Gasteiger partial charge in [-0.05, 0) is 31.2 Å². The molecule has 106 valence electrons. The van der Waals surface area contributed by atoms with Crippen molar-refractivity contribution in [2.24, 2.45) is 11.7 Å². The molecule has 2 heterocycles. The van der Waals surface area contributed by atoms with Crippen molar-refractivity contribution in [1.29, 1.82) is 0 Å². The van der Waals surface area contributed by atoms with Crippen LogP contribution in [0.25, 0.3) is 0 Å². The van der Waals surface area contributed by atoms with E-state index < -0.39 is 0 Å². The van der Waals surface area contributed by atoms with Crippen molar-refractivity contribution >= 4 is 11.7 Å². The van der Waals surface area contributed by atoms with Gasteiger partial charge in [0, 0.05) is 12.1 Å². The van der Waals surface area contributed by atoms with Gasteiger partial charge in [-0.3, -0.25) is 14.5 Å². The average molecular weight is 276 g/mol. The summed E-state index contributed by atoms with van der Waals surface area (Å²) in [5.41, 5.74) is 5.88. The maximum Gasteiger partial charge on any atom is 0.231 e. The van der Waals surface area contributed by atoms with E-state index in [1.807, 2.05) is 4.90 Å². The first kappa shape index (κ1) is 12.9. The number of amides is 1. The molecule has 0 aliphatic carbocycles. The van der Waals surface area contributed by atoms with Crippen LogP contribution in [-0.2, 0) is 4.79 Å². The zero-order chi connectivity index (χ0) is 14.1. The lowest BCUT2D eigenvalue weighted by Gasteiger charge is -2.14. The molecule has 1 amide bonds. The minimum Gasteiger partial charge on any atom is -0.454 e. The monoisotopic (exact) mass is 276 g/mol. The Morgan fingerprint density at radius 2 is 2.10 bits per heavy atom. The largest absolute Gasteiger partial charge is 0.454 e. The molecule has 2 aliphatic heterocycles. The highest BCUT2D eigenvalue weighted by atomic mass is 16.7. The molecule has 0 bridgehead atoms. The van der Waals surface area contributed by atoms with Gasteiger partial charge in [-0.15, -0.1) is 0 Å². The molecule has 6 nitrogen and oxygen atoms in total. The highest BCUT2D eigenvalue weighted by molar-refractivity contribution is 5.98. The molecule has 0 radical (unpaired) electrons. The molecule has 0 aromatic heterocycles. The number of benzene rings is 1. The van der Waals surface area contributed by atoms with Gasteiger partial charge in [0.1, 0.15) is 0 Å². The van der Waals surface area contributed by atoms with Gasteiger partial charge in [0.05, 0.1) is 12.5 Å². The number of rotatable bonds is 4. The fourth-order valence-corrected chi connectivity index (χ4v) is 2.57. The molecule has 1 aromatic carbocycles. The van der Waals surface area contributed by atoms with Crippen molar-refractivity contribution in [2.75, 3.05) is 26.4 Å². The lowest BCUT2D eigenvalue weighted by molar-refractivity contribution is -0.121. The van der Waals surface area contributed by atoms with Crippen LogP contribution in [0.4, 0.5) is 0 Å². The Labute approximate surface area is 116 Å². The molecule has 0 saturated carbocycles. The van der Waals surface area contributed by atoms with E-state index in [2.05, 4.69) is 0 Å². The van der Waals surface area contributed by atoms with Gasteiger partial charge >= 0.3 is 0 Å². The van der Waals surface area contributed by atoms with Crippen LogP contribution in [0.1, 0.15) is 16.8 Å². The third kappa shape index (κ3) is 2.46. The summed E-state index contributed by atoms with van der Waals surface area (Å²) in [6, 6.07) is 5.18. The van der Waals surface area contributed by atoms with Crippen LogP contribution in [0.2, 0.25) is 0 Å². The van der Waals surface area contributed by atoms with Crippen molar-refractivity contribution in [1.82, 2.24) is 4.90 Å². The number of fused-ring (bicyclic) bond motifs is 1. The van der Waals surface area contributed by atoms with E-state index in [9.17, 15) is 9.59 Å². The lowest BCUT2D eigenvalue weighted by atomic mass is 10.1. The van der Waals surface area contributed by atoms with Crippen LogP contribution in [-0.4, -0.2) is 43.0 Å². The molecule has 20 heavy (non-hydrogen) atoms. The van der Waals surface area contributed by atoms with E-state index in [1.54, 1.807) is 18.2 Å². The molecule has 1 fully saturated rings. The van der Waals surface area contributed by atoms with Crippen LogP contribution < -0.4 is 15.2 Å². The second-order valence-electron chi connectivity index (χ2n) is 5.11. The van der Waals surface area contributed by atoms with E-state index in [0.717, 1.165) is 13.0 Å². The predicted molar refractivity (Wildman–Crippen MR) is 70.6 cm³/mol. The second-order valence-corrected chi connectivity index (χ2v) is 5.11. The number of ether oxygens (including phenoxy) is 2. The predicted octanol–water partition coefficient (Wildman–Crippen LogP) is 0.405. The Hall–Kier alpha value is -2.08. The summed E-state index contributed by atoms with van der Waals surface area (Å²) >= 11 is 0. The van der Waals surface area contributed by atoms with E-state index in [-0.39, 0.29) is 24.4 Å². The number of nitrogens with zero attached hydrogens (tertiary/aromatic N) is 1. The normalized spacial score (nSPS) is 21.1. The number of likely N-dealkylation sites (tertiary alicyclic amines) is 1. The Morgan fingerprint density at radius 3 is 2.85 bits per heavy atom. The third-order valence-electron chi connectivity index (χ3n) is 3.74. The smallest absolute Gasteiger partial charge is 0.231 e. The summed E-state index contributed by atoms with van der Waals surface area (Å²) in [4.78, 5) is 25.3. The van der Waals surface area contributed by atoms with Crippen LogP contribution in [0.15, 0.2) is 18.2 Å². The van der Waals surface area contributed by atoms with Crippen LogP contribution >= 0.6 is 0 Å². The van der Waals surface area contributed by atoms with Crippen molar-refractivity contribution in [3.63, 3.8) is 0 Å². The molecular formula is C14H16N2O4. The molecule has 2 aliphatic rings. The fourth-order valence-electron chi connectivity index (χ4n) is 2.57. The number of carbonyl (C=O) groups excluding carboxylic acids is 2. The van der Waals surface area contributed by atoms with Crippen molar-refractivity contribution < 1.29 is 19.1 Å². The number of nitrogens with two attached hydrogens (primary N) is 1. The quantitative estimate of drug-likeness (QED) is 0.805. The minimum absolute atomic E-state index is 0.00780. The van der Waals surface area contributed by atoms with Crippen molar-refractivity contribution in [2.45, 2.75) is 6.42 Å². The maximum atomic E-state index is 12.2. The van der Waals surface area contributed by atoms with Crippen molar-refractivity contribution in [3.05, 3.63) is 23.8 Å². The van der Waals surface area contributed by atoms with Gasteiger partial charge < -0.3 is 15.2 Å². The number of hydrogen-bond donors (Lipinski definition) is 1. The Morgan fingerprint density at radius 1 is 1.30 bits per heavy atom. The fraction of sp³-hybridized carbons (Fsp3) is 0.429.